The van der Waals surface area contributed by atoms with Crippen LogP contribution >= 0.6 is 0 Å². The summed E-state index contributed by atoms with van der Waals surface area (Å²) in [4.78, 5) is 39.5. The van der Waals surface area contributed by atoms with E-state index in [2.05, 4.69) is 19.9 Å². The molecule has 0 saturated carbocycles. The van der Waals surface area contributed by atoms with Crippen LogP contribution in [0.15, 0.2) is 29.3 Å². The van der Waals surface area contributed by atoms with Crippen molar-refractivity contribution in [2.75, 3.05) is 18.1 Å². The van der Waals surface area contributed by atoms with Crippen LogP contribution in [0.5, 0.6) is 5.75 Å². The lowest BCUT2D eigenvalue weighted by atomic mass is 10.1. The molecule has 1 fully saturated rings. The molecule has 1 aromatic carbocycles. The number of nitrogens with one attached hydrogen (secondary N) is 2. The second-order valence-electron chi connectivity index (χ2n) is 6.32. The van der Waals surface area contributed by atoms with Crippen LogP contribution in [-0.4, -0.2) is 50.2 Å². The molecule has 0 amide bonds. The Balaban J connectivity index is 1.79. The maximum atomic E-state index is 12.2. The molecule has 3 heterocycles. The van der Waals surface area contributed by atoms with Gasteiger partial charge in [0.05, 0.1) is 18.5 Å². The van der Waals surface area contributed by atoms with Crippen molar-refractivity contribution in [2.24, 2.45) is 0 Å². The predicted octanol–water partition coefficient (Wildman–Crippen LogP) is 1.77. The normalized spacial score (nSPS) is 16.8. The number of aromatic amines is 2. The van der Waals surface area contributed by atoms with Gasteiger partial charge >= 0.3 is 5.97 Å². The van der Waals surface area contributed by atoms with Gasteiger partial charge in [0.25, 0.3) is 5.56 Å². The molecule has 3 N–H and O–H groups in total. The number of benzene rings is 1. The first-order valence-electron chi connectivity index (χ1n) is 8.78. The summed E-state index contributed by atoms with van der Waals surface area (Å²) >= 11 is 0. The lowest BCUT2D eigenvalue weighted by molar-refractivity contribution is -0.138. The smallest absolute Gasteiger partial charge is 0.326 e. The van der Waals surface area contributed by atoms with E-state index in [1.165, 1.54) is 6.33 Å². The van der Waals surface area contributed by atoms with Crippen molar-refractivity contribution in [3.63, 3.8) is 0 Å². The fourth-order valence-electron chi connectivity index (χ4n) is 3.46. The molecule has 0 bridgehead atoms. The predicted molar refractivity (Wildman–Crippen MR) is 99.1 cm³/mol. The standard InChI is InChI=1S/C18H19N5O4/c1-2-27-13-8-10(23-7-3-4-12(23)18(25)26)5-6-11(13)15-21-16-14(17(24)22-15)19-9-20-16/h5-6,8-9,12H,2-4,7H2,1H3,(H,25,26)(H2,19,20,21,22,24)/t12-/m1/s1. The maximum Gasteiger partial charge on any atom is 0.326 e. The summed E-state index contributed by atoms with van der Waals surface area (Å²) < 4.78 is 5.76. The number of carbonyl (C=O) groups is 1. The van der Waals surface area contributed by atoms with Gasteiger partial charge in [0.2, 0.25) is 0 Å². The number of carboxylic acids is 1. The first-order valence-corrected chi connectivity index (χ1v) is 8.78. The van der Waals surface area contributed by atoms with Crippen molar-refractivity contribution in [2.45, 2.75) is 25.8 Å². The van der Waals surface area contributed by atoms with Gasteiger partial charge in [-0.15, -0.1) is 0 Å². The van der Waals surface area contributed by atoms with Crippen LogP contribution in [0.4, 0.5) is 5.69 Å². The zero-order valence-electron chi connectivity index (χ0n) is 14.7. The van der Waals surface area contributed by atoms with Crippen LogP contribution in [0.2, 0.25) is 0 Å². The molecular formula is C18H19N5O4. The molecular weight excluding hydrogens is 350 g/mol. The van der Waals surface area contributed by atoms with E-state index < -0.39 is 12.0 Å². The highest BCUT2D eigenvalue weighted by molar-refractivity contribution is 5.80. The first kappa shape index (κ1) is 17.1. The number of ether oxygens (including phenoxy) is 1. The molecule has 1 saturated heterocycles. The Morgan fingerprint density at radius 2 is 2.30 bits per heavy atom. The number of fused-ring (bicyclic) bond motifs is 1. The fourth-order valence-corrected chi connectivity index (χ4v) is 3.46. The van der Waals surface area contributed by atoms with Crippen LogP contribution < -0.4 is 15.2 Å². The summed E-state index contributed by atoms with van der Waals surface area (Å²) in [7, 11) is 0. The minimum absolute atomic E-state index is 0.315. The second-order valence-corrected chi connectivity index (χ2v) is 6.32. The van der Waals surface area contributed by atoms with E-state index in [-0.39, 0.29) is 5.56 Å². The third-order valence-electron chi connectivity index (χ3n) is 4.69. The third-order valence-corrected chi connectivity index (χ3v) is 4.69. The van der Waals surface area contributed by atoms with Gasteiger partial charge in [-0.25, -0.2) is 14.8 Å². The van der Waals surface area contributed by atoms with Crippen LogP contribution in [0.1, 0.15) is 19.8 Å². The van der Waals surface area contributed by atoms with Crippen molar-refractivity contribution in [1.29, 1.82) is 0 Å². The summed E-state index contributed by atoms with van der Waals surface area (Å²) in [6.45, 7) is 2.96. The molecule has 140 valence electrons. The monoisotopic (exact) mass is 369 g/mol. The first-order chi connectivity index (χ1) is 13.1. The molecule has 9 heteroatoms. The number of aliphatic carboxylic acids is 1. The summed E-state index contributed by atoms with van der Waals surface area (Å²) in [5.74, 6) is 0.0550. The van der Waals surface area contributed by atoms with Crippen molar-refractivity contribution in [1.82, 2.24) is 19.9 Å². The highest BCUT2D eigenvalue weighted by atomic mass is 16.5. The van der Waals surface area contributed by atoms with E-state index in [0.29, 0.717) is 47.9 Å². The molecule has 2 aromatic heterocycles. The van der Waals surface area contributed by atoms with Crippen molar-refractivity contribution in [3.8, 4) is 17.1 Å². The Bertz CT molecular complexity index is 1060. The summed E-state index contributed by atoms with van der Waals surface area (Å²) in [5, 5.41) is 9.43. The SMILES string of the molecule is CCOc1cc(N2CCC[C@@H]2C(=O)O)ccc1-c1nc2nc[nH]c2c(=O)[nH]1. The topological polar surface area (TPSA) is 124 Å². The second kappa shape index (κ2) is 6.75. The molecule has 0 aliphatic carbocycles. The lowest BCUT2D eigenvalue weighted by Gasteiger charge is -2.24. The number of aromatic nitrogens is 4. The number of anilines is 1. The van der Waals surface area contributed by atoms with E-state index in [0.717, 1.165) is 12.1 Å². The van der Waals surface area contributed by atoms with E-state index >= 15 is 0 Å². The van der Waals surface area contributed by atoms with Crippen LogP contribution in [-0.2, 0) is 4.79 Å². The Morgan fingerprint density at radius 1 is 1.44 bits per heavy atom. The van der Waals surface area contributed by atoms with Crippen molar-refractivity contribution in [3.05, 3.63) is 34.9 Å². The van der Waals surface area contributed by atoms with E-state index in [9.17, 15) is 14.7 Å². The average molecular weight is 369 g/mol. The number of nitrogens with zero attached hydrogens (tertiary/aromatic N) is 3. The summed E-state index contributed by atoms with van der Waals surface area (Å²) in [6, 6.07) is 4.88. The zero-order chi connectivity index (χ0) is 19.0. The van der Waals surface area contributed by atoms with Crippen molar-refractivity contribution < 1.29 is 14.6 Å². The van der Waals surface area contributed by atoms with Crippen molar-refractivity contribution >= 4 is 22.8 Å². The third kappa shape index (κ3) is 3.01. The molecule has 3 aromatic rings. The van der Waals surface area contributed by atoms with Gasteiger partial charge in [-0.3, -0.25) is 4.79 Å². The van der Waals surface area contributed by atoms with E-state index in [4.69, 9.17) is 4.74 Å². The molecule has 1 atom stereocenters. The minimum Gasteiger partial charge on any atom is -0.493 e. The summed E-state index contributed by atoms with van der Waals surface area (Å²) in [6.07, 6.45) is 2.86. The molecule has 0 spiro atoms. The van der Waals surface area contributed by atoms with E-state index in [1.54, 1.807) is 12.1 Å². The van der Waals surface area contributed by atoms with Gasteiger partial charge in [-0.1, -0.05) is 0 Å². The molecule has 1 aliphatic heterocycles. The molecule has 4 rings (SSSR count). The molecule has 1 aliphatic rings. The average Bonchev–Trinajstić information content (AvgIpc) is 3.31. The highest BCUT2D eigenvalue weighted by Gasteiger charge is 2.31. The Kier molecular flexibility index (Phi) is 4.27. The van der Waals surface area contributed by atoms with Gasteiger partial charge in [0, 0.05) is 18.3 Å². The van der Waals surface area contributed by atoms with Crippen LogP contribution in [0.25, 0.3) is 22.6 Å². The highest BCUT2D eigenvalue weighted by Crippen LogP contribution is 2.34. The number of rotatable bonds is 5. The number of hydrogen-bond donors (Lipinski definition) is 3. The molecule has 0 unspecified atom stereocenters. The van der Waals surface area contributed by atoms with Gasteiger partial charge < -0.3 is 24.7 Å². The summed E-state index contributed by atoms with van der Waals surface area (Å²) in [5.41, 5.74) is 1.72. The minimum atomic E-state index is -0.829. The Labute approximate surface area is 154 Å². The maximum absolute atomic E-state index is 12.2. The fraction of sp³-hybridized carbons (Fsp3) is 0.333. The molecule has 0 radical (unpaired) electrons. The zero-order valence-corrected chi connectivity index (χ0v) is 14.7. The molecule has 27 heavy (non-hydrogen) atoms. The Morgan fingerprint density at radius 3 is 3.07 bits per heavy atom. The number of H-pyrrole nitrogens is 2. The van der Waals surface area contributed by atoms with E-state index in [1.807, 2.05) is 17.9 Å². The van der Waals surface area contributed by atoms with Crippen LogP contribution in [0, 0.1) is 0 Å². The number of imidazole rings is 1. The van der Waals surface area contributed by atoms with Crippen LogP contribution in [0.3, 0.4) is 0 Å². The Hall–Kier alpha value is -3.36. The lowest BCUT2D eigenvalue weighted by Crippen LogP contribution is -2.35. The van der Waals surface area contributed by atoms with Gasteiger partial charge in [0.1, 0.15) is 17.6 Å². The number of hydrogen-bond acceptors (Lipinski definition) is 6. The molecule has 9 nitrogen and oxygen atoms in total. The quantitative estimate of drug-likeness (QED) is 0.626. The largest absolute Gasteiger partial charge is 0.493 e. The van der Waals surface area contributed by atoms with Gasteiger partial charge in [-0.05, 0) is 31.9 Å². The number of carboxylic acid groups (broad SMARTS) is 1. The van der Waals surface area contributed by atoms with Gasteiger partial charge in [-0.2, -0.15) is 0 Å². The van der Waals surface area contributed by atoms with Gasteiger partial charge in [0.15, 0.2) is 11.2 Å².